The lowest BCUT2D eigenvalue weighted by molar-refractivity contribution is 0.164. The maximum Gasteiger partial charge on any atom is 0.00389 e. The maximum atomic E-state index is 3.64. The second-order valence-corrected chi connectivity index (χ2v) is 5.68. The minimum atomic E-state index is 0.771. The van der Waals surface area contributed by atoms with E-state index in [1.807, 2.05) is 0 Å². The molecule has 1 N–H and O–H groups in total. The van der Waals surface area contributed by atoms with Crippen LogP contribution in [0.15, 0.2) is 0 Å². The van der Waals surface area contributed by atoms with Crippen molar-refractivity contribution in [3.05, 3.63) is 0 Å². The fourth-order valence-corrected chi connectivity index (χ4v) is 3.33. The van der Waals surface area contributed by atoms with Crippen molar-refractivity contribution in [2.24, 2.45) is 17.8 Å². The zero-order valence-electron chi connectivity index (χ0n) is 9.76. The largest absolute Gasteiger partial charge is 0.314 e. The first-order valence-electron chi connectivity index (χ1n) is 6.49. The van der Waals surface area contributed by atoms with Crippen LogP contribution >= 0.6 is 0 Å². The molecule has 1 aliphatic heterocycles. The summed E-state index contributed by atoms with van der Waals surface area (Å²) >= 11 is 0. The van der Waals surface area contributed by atoms with Crippen molar-refractivity contribution in [2.45, 2.75) is 58.4 Å². The average Bonchev–Trinajstić information content (AvgIpc) is 2.19. The Morgan fingerprint density at radius 1 is 0.929 bits per heavy atom. The van der Waals surface area contributed by atoms with E-state index in [2.05, 4.69) is 19.2 Å². The molecular formula is C13H25N. The molecule has 14 heavy (non-hydrogen) atoms. The molecule has 0 amide bonds. The average molecular weight is 195 g/mol. The summed E-state index contributed by atoms with van der Waals surface area (Å²) in [5.74, 6) is 3.03. The van der Waals surface area contributed by atoms with Crippen LogP contribution in [0.5, 0.6) is 0 Å². The molecule has 1 nitrogen and oxygen atoms in total. The van der Waals surface area contributed by atoms with E-state index in [0.717, 1.165) is 23.8 Å². The number of hydrogen-bond donors (Lipinski definition) is 1. The fourth-order valence-electron chi connectivity index (χ4n) is 3.33. The Hall–Kier alpha value is -0.0400. The van der Waals surface area contributed by atoms with E-state index < -0.39 is 0 Å². The van der Waals surface area contributed by atoms with Gasteiger partial charge in [-0.2, -0.15) is 0 Å². The lowest BCUT2D eigenvalue weighted by atomic mass is 9.73. The first-order valence-corrected chi connectivity index (χ1v) is 6.49. The highest BCUT2D eigenvalue weighted by molar-refractivity contribution is 4.83. The van der Waals surface area contributed by atoms with Crippen LogP contribution < -0.4 is 5.32 Å². The number of nitrogens with one attached hydrogen (secondary N) is 1. The van der Waals surface area contributed by atoms with Crippen LogP contribution in [0.25, 0.3) is 0 Å². The SMILES string of the molecule is CC1CCCC(C2CCC(C)NC2)C1. The van der Waals surface area contributed by atoms with Gasteiger partial charge in [-0.1, -0.05) is 26.2 Å². The Kier molecular flexibility index (Phi) is 3.48. The van der Waals surface area contributed by atoms with Gasteiger partial charge >= 0.3 is 0 Å². The molecule has 1 heteroatoms. The molecule has 2 fully saturated rings. The molecule has 4 atom stereocenters. The third-order valence-corrected chi connectivity index (χ3v) is 4.34. The molecule has 82 valence electrons. The molecule has 1 saturated heterocycles. The first kappa shape index (κ1) is 10.5. The number of hydrogen-bond acceptors (Lipinski definition) is 1. The van der Waals surface area contributed by atoms with Gasteiger partial charge in [0.15, 0.2) is 0 Å². The van der Waals surface area contributed by atoms with Gasteiger partial charge in [-0.15, -0.1) is 0 Å². The highest BCUT2D eigenvalue weighted by atomic mass is 14.9. The lowest BCUT2D eigenvalue weighted by Crippen LogP contribution is -2.40. The molecule has 0 aromatic carbocycles. The van der Waals surface area contributed by atoms with Gasteiger partial charge in [-0.25, -0.2) is 0 Å². The molecule has 1 heterocycles. The molecular weight excluding hydrogens is 170 g/mol. The predicted octanol–water partition coefficient (Wildman–Crippen LogP) is 3.20. The zero-order valence-corrected chi connectivity index (χ0v) is 9.76. The highest BCUT2D eigenvalue weighted by Crippen LogP contribution is 2.36. The third kappa shape index (κ3) is 2.50. The quantitative estimate of drug-likeness (QED) is 0.677. The molecule has 0 bridgehead atoms. The molecule has 4 unspecified atom stereocenters. The van der Waals surface area contributed by atoms with Crippen LogP contribution in [0.1, 0.15) is 52.4 Å². The number of rotatable bonds is 1. The Labute approximate surface area is 88.7 Å². The normalized spacial score (nSPS) is 45.0. The van der Waals surface area contributed by atoms with Crippen molar-refractivity contribution < 1.29 is 0 Å². The van der Waals surface area contributed by atoms with Crippen molar-refractivity contribution in [1.29, 1.82) is 0 Å². The molecule has 0 aromatic heterocycles. The summed E-state index contributed by atoms with van der Waals surface area (Å²) in [7, 11) is 0. The van der Waals surface area contributed by atoms with Gasteiger partial charge in [0.25, 0.3) is 0 Å². The van der Waals surface area contributed by atoms with Crippen LogP contribution in [-0.2, 0) is 0 Å². The van der Waals surface area contributed by atoms with E-state index in [0.29, 0.717) is 0 Å². The maximum absolute atomic E-state index is 3.64. The van der Waals surface area contributed by atoms with Crippen molar-refractivity contribution in [3.8, 4) is 0 Å². The highest BCUT2D eigenvalue weighted by Gasteiger charge is 2.28. The molecule has 2 aliphatic rings. The number of piperidine rings is 1. The monoisotopic (exact) mass is 195 g/mol. The van der Waals surface area contributed by atoms with Gasteiger partial charge in [0, 0.05) is 6.04 Å². The Balaban J connectivity index is 1.82. The lowest BCUT2D eigenvalue weighted by Gasteiger charge is -2.37. The minimum Gasteiger partial charge on any atom is -0.314 e. The topological polar surface area (TPSA) is 12.0 Å². The summed E-state index contributed by atoms with van der Waals surface area (Å²) in [4.78, 5) is 0. The second kappa shape index (κ2) is 4.65. The molecule has 0 radical (unpaired) electrons. The van der Waals surface area contributed by atoms with Gasteiger partial charge < -0.3 is 5.32 Å². The van der Waals surface area contributed by atoms with Crippen molar-refractivity contribution in [2.75, 3.05) is 6.54 Å². The summed E-state index contributed by atoms with van der Waals surface area (Å²) in [6.07, 6.45) is 8.85. The van der Waals surface area contributed by atoms with Crippen molar-refractivity contribution in [3.63, 3.8) is 0 Å². The summed E-state index contributed by atoms with van der Waals surface area (Å²) in [5, 5.41) is 3.64. The van der Waals surface area contributed by atoms with Gasteiger partial charge in [-0.3, -0.25) is 0 Å². The summed E-state index contributed by atoms with van der Waals surface area (Å²) in [6.45, 7) is 6.04. The van der Waals surface area contributed by atoms with Gasteiger partial charge in [0.2, 0.25) is 0 Å². The molecule has 2 rings (SSSR count). The van der Waals surface area contributed by atoms with Crippen LogP contribution in [0.2, 0.25) is 0 Å². The molecule has 1 saturated carbocycles. The Bertz CT molecular complexity index is 170. The molecule has 1 aliphatic carbocycles. The second-order valence-electron chi connectivity index (χ2n) is 5.68. The zero-order chi connectivity index (χ0) is 9.97. The standard InChI is InChI=1S/C13H25N/c1-10-4-3-5-12(8-10)13-7-6-11(2)14-9-13/h10-14H,3-9H2,1-2H3. The van der Waals surface area contributed by atoms with E-state index in [1.54, 1.807) is 0 Å². The van der Waals surface area contributed by atoms with Crippen molar-refractivity contribution in [1.82, 2.24) is 5.32 Å². The van der Waals surface area contributed by atoms with E-state index in [-0.39, 0.29) is 0 Å². The van der Waals surface area contributed by atoms with Crippen LogP contribution in [0.4, 0.5) is 0 Å². The molecule has 0 aromatic rings. The summed E-state index contributed by atoms with van der Waals surface area (Å²) in [6, 6.07) is 0.771. The summed E-state index contributed by atoms with van der Waals surface area (Å²) < 4.78 is 0. The van der Waals surface area contributed by atoms with Crippen molar-refractivity contribution >= 4 is 0 Å². The fraction of sp³-hybridized carbons (Fsp3) is 1.00. The van der Waals surface area contributed by atoms with E-state index in [1.165, 1.54) is 45.1 Å². The summed E-state index contributed by atoms with van der Waals surface area (Å²) in [5.41, 5.74) is 0. The van der Waals surface area contributed by atoms with Gasteiger partial charge in [-0.05, 0) is 50.5 Å². The predicted molar refractivity (Wildman–Crippen MR) is 61.3 cm³/mol. The van der Waals surface area contributed by atoms with E-state index in [4.69, 9.17) is 0 Å². The smallest absolute Gasteiger partial charge is 0.00389 e. The van der Waals surface area contributed by atoms with Gasteiger partial charge in [0.1, 0.15) is 0 Å². The molecule has 0 spiro atoms. The minimum absolute atomic E-state index is 0.771. The Morgan fingerprint density at radius 2 is 1.79 bits per heavy atom. The van der Waals surface area contributed by atoms with Gasteiger partial charge in [0.05, 0.1) is 0 Å². The third-order valence-electron chi connectivity index (χ3n) is 4.34. The van der Waals surface area contributed by atoms with E-state index >= 15 is 0 Å². The van der Waals surface area contributed by atoms with Crippen LogP contribution in [-0.4, -0.2) is 12.6 Å². The van der Waals surface area contributed by atoms with E-state index in [9.17, 15) is 0 Å². The Morgan fingerprint density at radius 3 is 2.43 bits per heavy atom. The van der Waals surface area contributed by atoms with Crippen LogP contribution in [0.3, 0.4) is 0 Å². The first-order chi connectivity index (χ1) is 6.75. The van der Waals surface area contributed by atoms with Crippen LogP contribution in [0, 0.1) is 17.8 Å².